The molecule has 2 amide bonds. The maximum atomic E-state index is 12.6. The second-order valence-electron chi connectivity index (χ2n) is 6.96. The zero-order valence-electron chi connectivity index (χ0n) is 12.8. The first-order chi connectivity index (χ1) is 10.1. The molecule has 3 rings (SSSR count). The van der Waals surface area contributed by atoms with Crippen molar-refractivity contribution in [1.82, 2.24) is 9.80 Å². The number of carbonyl (C=O) groups is 2. The van der Waals surface area contributed by atoms with Gasteiger partial charge in [0.25, 0.3) is 0 Å². The predicted molar refractivity (Wildman–Crippen MR) is 78.4 cm³/mol. The van der Waals surface area contributed by atoms with Crippen LogP contribution in [0.1, 0.15) is 45.4 Å². The number of aliphatic hydroxyl groups is 1. The second kappa shape index (κ2) is 5.95. The van der Waals surface area contributed by atoms with E-state index in [4.69, 9.17) is 0 Å². The molecule has 3 atom stereocenters. The Hall–Kier alpha value is -1.10. The van der Waals surface area contributed by atoms with Gasteiger partial charge >= 0.3 is 0 Å². The zero-order valence-corrected chi connectivity index (χ0v) is 12.8. The molecule has 1 N–H and O–H groups in total. The quantitative estimate of drug-likeness (QED) is 0.845. The molecule has 3 unspecified atom stereocenters. The van der Waals surface area contributed by atoms with Gasteiger partial charge in [-0.05, 0) is 26.2 Å². The number of carbonyl (C=O) groups excluding carboxylic acids is 2. The molecule has 3 fully saturated rings. The normalized spacial score (nSPS) is 32.2. The maximum absolute atomic E-state index is 12.6. The van der Waals surface area contributed by atoms with Crippen LogP contribution in [-0.4, -0.2) is 58.5 Å². The molecule has 0 aromatic heterocycles. The predicted octanol–water partition coefficient (Wildman–Crippen LogP) is 1.01. The van der Waals surface area contributed by atoms with Gasteiger partial charge in [0.1, 0.15) is 0 Å². The maximum Gasteiger partial charge on any atom is 0.228 e. The molecule has 5 heteroatoms. The highest BCUT2D eigenvalue weighted by molar-refractivity contribution is 5.89. The zero-order chi connectivity index (χ0) is 15.0. The topological polar surface area (TPSA) is 60.9 Å². The van der Waals surface area contributed by atoms with Crippen molar-refractivity contribution in [2.45, 2.75) is 57.6 Å². The van der Waals surface area contributed by atoms with Crippen LogP contribution in [0.3, 0.4) is 0 Å². The fourth-order valence-electron chi connectivity index (χ4n) is 4.11. The van der Waals surface area contributed by atoms with E-state index in [1.165, 1.54) is 12.8 Å². The number of hydrogen-bond donors (Lipinski definition) is 1. The summed E-state index contributed by atoms with van der Waals surface area (Å²) in [6, 6.07) is 0.374. The van der Waals surface area contributed by atoms with Gasteiger partial charge in [-0.15, -0.1) is 0 Å². The Balaban J connectivity index is 1.58. The van der Waals surface area contributed by atoms with Crippen LogP contribution in [0.5, 0.6) is 0 Å². The highest BCUT2D eigenvalue weighted by Crippen LogP contribution is 2.31. The van der Waals surface area contributed by atoms with Crippen molar-refractivity contribution in [2.24, 2.45) is 11.8 Å². The van der Waals surface area contributed by atoms with Crippen molar-refractivity contribution in [1.29, 1.82) is 0 Å². The molecular weight excluding hydrogens is 268 g/mol. The van der Waals surface area contributed by atoms with E-state index in [-0.39, 0.29) is 29.8 Å². The number of aliphatic hydroxyl groups excluding tert-OH is 1. The summed E-state index contributed by atoms with van der Waals surface area (Å²) in [7, 11) is 0. The summed E-state index contributed by atoms with van der Waals surface area (Å²) in [6.45, 7) is 3.77. The summed E-state index contributed by atoms with van der Waals surface area (Å²) in [4.78, 5) is 28.6. The second-order valence-corrected chi connectivity index (χ2v) is 6.96. The molecule has 2 saturated heterocycles. The summed E-state index contributed by atoms with van der Waals surface area (Å²) >= 11 is 0. The molecule has 0 aromatic rings. The molecule has 5 nitrogen and oxygen atoms in total. The van der Waals surface area contributed by atoms with Crippen molar-refractivity contribution in [3.63, 3.8) is 0 Å². The lowest BCUT2D eigenvalue weighted by Gasteiger charge is -2.25. The van der Waals surface area contributed by atoms with E-state index >= 15 is 0 Å². The Morgan fingerprint density at radius 3 is 2.57 bits per heavy atom. The van der Waals surface area contributed by atoms with E-state index in [1.807, 2.05) is 9.80 Å². The van der Waals surface area contributed by atoms with E-state index in [0.29, 0.717) is 25.6 Å². The Bertz CT molecular complexity index is 418. The van der Waals surface area contributed by atoms with E-state index in [2.05, 4.69) is 0 Å². The summed E-state index contributed by atoms with van der Waals surface area (Å²) in [6.07, 6.45) is 5.50. The Kier molecular flexibility index (Phi) is 4.20. The Labute approximate surface area is 126 Å². The van der Waals surface area contributed by atoms with Gasteiger partial charge in [0, 0.05) is 38.0 Å². The average molecular weight is 294 g/mol. The minimum absolute atomic E-state index is 0.118. The largest absolute Gasteiger partial charge is 0.393 e. The van der Waals surface area contributed by atoms with Crippen LogP contribution >= 0.6 is 0 Å². The summed E-state index contributed by atoms with van der Waals surface area (Å²) < 4.78 is 0. The van der Waals surface area contributed by atoms with Crippen LogP contribution in [0, 0.1) is 11.8 Å². The van der Waals surface area contributed by atoms with Crippen LogP contribution in [0.4, 0.5) is 0 Å². The average Bonchev–Trinajstić information content (AvgIpc) is 3.18. The number of amides is 2. The highest BCUT2D eigenvalue weighted by atomic mass is 16.3. The summed E-state index contributed by atoms with van der Waals surface area (Å²) in [5.74, 6) is 0.307. The van der Waals surface area contributed by atoms with E-state index in [0.717, 1.165) is 25.8 Å². The molecule has 0 aromatic carbocycles. The number of nitrogens with zero attached hydrogens (tertiary/aromatic N) is 2. The molecule has 21 heavy (non-hydrogen) atoms. The lowest BCUT2D eigenvalue weighted by Crippen LogP contribution is -2.38. The highest BCUT2D eigenvalue weighted by Gasteiger charge is 2.41. The third-order valence-corrected chi connectivity index (χ3v) is 5.49. The summed E-state index contributed by atoms with van der Waals surface area (Å²) in [5.41, 5.74) is 0. The smallest absolute Gasteiger partial charge is 0.228 e. The molecule has 2 aliphatic heterocycles. The van der Waals surface area contributed by atoms with Crippen LogP contribution in [0.2, 0.25) is 0 Å². The van der Waals surface area contributed by atoms with E-state index in [1.54, 1.807) is 6.92 Å². The van der Waals surface area contributed by atoms with Gasteiger partial charge in [-0.3, -0.25) is 9.59 Å². The van der Waals surface area contributed by atoms with E-state index in [9.17, 15) is 14.7 Å². The first kappa shape index (κ1) is 14.8. The molecule has 2 heterocycles. The molecule has 118 valence electrons. The molecule has 1 saturated carbocycles. The third kappa shape index (κ3) is 2.93. The lowest BCUT2D eigenvalue weighted by atomic mass is 10.0. The van der Waals surface area contributed by atoms with Crippen molar-refractivity contribution < 1.29 is 14.7 Å². The van der Waals surface area contributed by atoms with Crippen molar-refractivity contribution in [3.05, 3.63) is 0 Å². The lowest BCUT2D eigenvalue weighted by molar-refractivity contribution is -0.135. The van der Waals surface area contributed by atoms with Gasteiger partial charge in [-0.2, -0.15) is 0 Å². The van der Waals surface area contributed by atoms with Crippen molar-refractivity contribution in [3.8, 4) is 0 Å². The first-order valence-electron chi connectivity index (χ1n) is 8.32. The van der Waals surface area contributed by atoms with Gasteiger partial charge < -0.3 is 14.9 Å². The minimum Gasteiger partial charge on any atom is -0.393 e. The number of likely N-dealkylation sites (tertiary alicyclic amines) is 2. The molecule has 0 bridgehead atoms. The molecule has 1 aliphatic carbocycles. The monoisotopic (exact) mass is 294 g/mol. The first-order valence-corrected chi connectivity index (χ1v) is 8.32. The van der Waals surface area contributed by atoms with Crippen LogP contribution in [-0.2, 0) is 9.59 Å². The standard InChI is InChI=1S/C16H26N2O3/c1-11(19)12-6-7-17(9-12)16(21)13-8-15(20)18(10-13)14-4-2-3-5-14/h11-14,19H,2-10H2,1H3. The van der Waals surface area contributed by atoms with Crippen LogP contribution in [0.25, 0.3) is 0 Å². The molecule has 0 spiro atoms. The van der Waals surface area contributed by atoms with Crippen molar-refractivity contribution >= 4 is 11.8 Å². The molecule has 0 radical (unpaired) electrons. The fourth-order valence-corrected chi connectivity index (χ4v) is 4.11. The van der Waals surface area contributed by atoms with Gasteiger partial charge in [-0.25, -0.2) is 0 Å². The Morgan fingerprint density at radius 2 is 1.95 bits per heavy atom. The Morgan fingerprint density at radius 1 is 1.24 bits per heavy atom. The van der Waals surface area contributed by atoms with Gasteiger partial charge in [-0.1, -0.05) is 12.8 Å². The number of rotatable bonds is 3. The minimum atomic E-state index is -0.358. The summed E-state index contributed by atoms with van der Waals surface area (Å²) in [5, 5.41) is 9.64. The van der Waals surface area contributed by atoms with Crippen molar-refractivity contribution in [2.75, 3.05) is 19.6 Å². The molecule has 3 aliphatic rings. The van der Waals surface area contributed by atoms with Gasteiger partial charge in [0.2, 0.25) is 11.8 Å². The fraction of sp³-hybridized carbons (Fsp3) is 0.875. The van der Waals surface area contributed by atoms with Gasteiger partial charge in [0.15, 0.2) is 0 Å². The molecular formula is C16H26N2O3. The number of hydrogen-bond acceptors (Lipinski definition) is 3. The van der Waals surface area contributed by atoms with Crippen LogP contribution in [0.15, 0.2) is 0 Å². The van der Waals surface area contributed by atoms with E-state index < -0.39 is 0 Å². The van der Waals surface area contributed by atoms with Crippen LogP contribution < -0.4 is 0 Å². The van der Waals surface area contributed by atoms with Gasteiger partial charge in [0.05, 0.1) is 12.0 Å². The third-order valence-electron chi connectivity index (χ3n) is 5.49. The SMILES string of the molecule is CC(O)C1CCN(C(=O)C2CC(=O)N(C3CCCC3)C2)C1.